The highest BCUT2D eigenvalue weighted by atomic mass is 35.5. The van der Waals surface area contributed by atoms with Crippen LogP contribution in [0.25, 0.3) is 11.1 Å². The molecule has 11 amide bonds. The molecule has 0 saturated carbocycles. The molecule has 126 heavy (non-hydrogen) atoms. The number of halogens is 5. The lowest BCUT2D eigenvalue weighted by atomic mass is 9.84. The minimum absolute atomic E-state index is 0.0159. The van der Waals surface area contributed by atoms with Crippen molar-refractivity contribution in [2.24, 2.45) is 17.4 Å². The SMILES string of the molecule is CNC(CC(C)C)C(=O)NC1C(=O)NC(CC(N)=O)C(=O)NC2C(=O)NC3C(=O)NC(C(=O)NC(C(=O)NNC(N)=O)c4cc(O)cc(O)c4-c4cc3ccc4O)C(O)c3ccc(c(Cl)c3)Oc3cc2cc(c3OC2OC(CO)C(O)C(O)C2OC2CC(C)(NCc3cccc(NC(=O)c4ccc(OC(F)(F)F)cc4)c3)C(O)C(C)O2)Oc2ccc(cc2Cl)C1O. The molecule has 14 rings (SSSR count). The van der Waals surface area contributed by atoms with Crippen LogP contribution in [-0.4, -0.2) is 204 Å². The van der Waals surface area contributed by atoms with E-state index in [2.05, 4.69) is 52.6 Å². The summed E-state index contributed by atoms with van der Waals surface area (Å²) in [5.74, 6) is -17.6. The highest BCUT2D eigenvalue weighted by molar-refractivity contribution is 6.32. The number of ether oxygens (including phenoxy) is 7. The van der Waals surface area contributed by atoms with Crippen LogP contribution in [-0.2, 0) is 59.1 Å². The number of primary amides is 2. The van der Waals surface area contributed by atoms with E-state index in [0.717, 1.165) is 97.1 Å². The molecule has 2 saturated heterocycles. The molecule has 7 aliphatic rings. The van der Waals surface area contributed by atoms with Crippen molar-refractivity contribution in [3.8, 4) is 62.9 Å². The van der Waals surface area contributed by atoms with Crippen molar-refractivity contribution in [3.63, 3.8) is 0 Å². The Balaban J connectivity index is 1.01. The number of aliphatic hydroxyl groups excluding tert-OH is 6. The number of phenols is 3. The second-order valence-electron chi connectivity index (χ2n) is 30.8. The number of benzene rings is 7. The minimum Gasteiger partial charge on any atom is -0.508 e. The first kappa shape index (κ1) is 92.7. The Hall–Kier alpha value is -12.4. The quantitative estimate of drug-likeness (QED) is 0.0518. The molecule has 11 bridgehead atoms. The summed E-state index contributed by atoms with van der Waals surface area (Å²) in [6.45, 7) is 5.58. The van der Waals surface area contributed by atoms with Gasteiger partial charge in [0.15, 0.2) is 23.9 Å². The number of amides is 11. The van der Waals surface area contributed by atoms with Gasteiger partial charge in [-0.2, -0.15) is 0 Å². The Morgan fingerprint density at radius 3 is 1.94 bits per heavy atom. The first-order chi connectivity index (χ1) is 59.6. The van der Waals surface area contributed by atoms with Crippen LogP contribution >= 0.6 is 23.2 Å². The second kappa shape index (κ2) is 38.6. The number of aliphatic hydroxyl groups is 6. The first-order valence-corrected chi connectivity index (χ1v) is 39.6. The molecule has 44 heteroatoms. The third-order valence-corrected chi connectivity index (χ3v) is 21.9. The van der Waals surface area contributed by atoms with Gasteiger partial charge in [-0.05, 0) is 158 Å². The number of phenolic OH excluding ortho intramolecular Hbond substituents is 3. The van der Waals surface area contributed by atoms with Crippen molar-refractivity contribution in [3.05, 3.63) is 176 Å². The molecule has 672 valence electrons. The molecule has 7 aromatic rings. The fourth-order valence-electron chi connectivity index (χ4n) is 14.9. The highest BCUT2D eigenvalue weighted by Crippen LogP contribution is 2.50. The first-order valence-electron chi connectivity index (χ1n) is 38.9. The summed E-state index contributed by atoms with van der Waals surface area (Å²) in [5, 5.41) is 129. The zero-order valence-electron chi connectivity index (χ0n) is 67.1. The van der Waals surface area contributed by atoms with Gasteiger partial charge in [0.25, 0.3) is 11.8 Å². The number of hydrazine groups is 1. The molecule has 7 aliphatic heterocycles. The molecule has 18 atom stereocenters. The molecule has 7 heterocycles. The van der Waals surface area contributed by atoms with Gasteiger partial charge in [-0.15, -0.1) is 13.2 Å². The van der Waals surface area contributed by atoms with E-state index in [1.54, 1.807) is 39.0 Å². The van der Waals surface area contributed by atoms with Crippen LogP contribution in [0.1, 0.15) is 121 Å². The van der Waals surface area contributed by atoms with Gasteiger partial charge < -0.3 is 138 Å². The van der Waals surface area contributed by atoms with Crippen molar-refractivity contribution in [2.75, 3.05) is 19.0 Å². The number of hydrogen-bond donors (Lipinski definition) is 22. The Bertz CT molecular complexity index is 5360. The van der Waals surface area contributed by atoms with Crippen molar-refractivity contribution in [2.45, 2.75) is 169 Å². The number of fused-ring (bicyclic) bond motifs is 15. The fourth-order valence-corrected chi connectivity index (χ4v) is 15.4. The largest absolute Gasteiger partial charge is 0.573 e. The van der Waals surface area contributed by atoms with Gasteiger partial charge in [-0.3, -0.25) is 48.6 Å². The average molecular weight is 1800 g/mol. The van der Waals surface area contributed by atoms with E-state index in [-0.39, 0.29) is 47.7 Å². The fraction of sp³-hybridized carbons (Fsp3) is 0.366. The number of likely N-dealkylation sites (N-methyl/N-ethyl adjacent to an activating group) is 1. The lowest BCUT2D eigenvalue weighted by Gasteiger charge is -2.48. The number of carbonyl (C=O) groups excluding carboxylic acids is 10. The molecule has 18 unspecified atom stereocenters. The molecule has 7 aromatic carbocycles. The zero-order valence-corrected chi connectivity index (χ0v) is 68.6. The Morgan fingerprint density at radius 2 is 1.32 bits per heavy atom. The van der Waals surface area contributed by atoms with Crippen molar-refractivity contribution < 1.29 is 140 Å². The maximum Gasteiger partial charge on any atom is 0.573 e. The second-order valence-corrected chi connectivity index (χ2v) is 31.7. The molecule has 0 spiro atoms. The molecular weight excluding hydrogens is 1710 g/mol. The van der Waals surface area contributed by atoms with E-state index in [1.165, 1.54) is 26.1 Å². The van der Waals surface area contributed by atoms with Crippen LogP contribution in [0.3, 0.4) is 0 Å². The molecule has 0 aliphatic carbocycles. The predicted molar refractivity (Wildman–Crippen MR) is 433 cm³/mol. The van der Waals surface area contributed by atoms with Crippen LogP contribution in [0, 0.1) is 5.92 Å². The lowest BCUT2D eigenvalue weighted by Crippen LogP contribution is -2.65. The van der Waals surface area contributed by atoms with Gasteiger partial charge in [-0.25, -0.2) is 10.2 Å². The van der Waals surface area contributed by atoms with Gasteiger partial charge in [0.05, 0.1) is 41.3 Å². The number of nitrogens with two attached hydrogens (primary N) is 2. The number of carbonyl (C=O) groups is 10. The normalized spacial score (nSPS) is 25.9. The molecule has 24 N–H and O–H groups in total. The van der Waals surface area contributed by atoms with Crippen LogP contribution < -0.4 is 89.1 Å². The highest BCUT2D eigenvalue weighted by Gasteiger charge is 2.53. The summed E-state index contributed by atoms with van der Waals surface area (Å²) in [5.41, 5.74) is 11.1. The van der Waals surface area contributed by atoms with Gasteiger partial charge in [-0.1, -0.05) is 67.4 Å². The lowest BCUT2D eigenvalue weighted by molar-refractivity contribution is -0.334. The maximum absolute atomic E-state index is 16.3. The zero-order chi connectivity index (χ0) is 91.4. The standard InChI is InChI=1S/C82H88Cl2F3N13O26/c1-32(2)19-47(90-5)72(112)97-62-64(106)37-12-17-51(45(83)22-37)121-53-24-39-25-54(68(53)125-79-69(67(109)66(108)55(31-101)123-79)124-57-29-81(4,70(110)33(3)120-57)91-30-34-7-6-8-40(20-34)92-71(111)35-9-14-42(15-10-35)126-82(85,86)87)122-52-18-13-38(23-46(52)84)65(107)63-77(117)96-61(78(118)99-100-80(89)119)44-26-41(102)27-50(104)58(44)43-21-36(11-16-49(43)103)59(74(114)98-63)95-75(115)60(39)94-73(113)48(28-56(88)105)93-76(62)116/h6-18,20-27,32-33,47-48,55,57,59-67,69-70,79,90-91,101-104,106-110H,19,28-31H2,1-5H3,(H2,88,105)(H,92,111)(H,93,116)(H,94,113)(H,95,115)(H,96,117)(H,97,112)(H,98,114)(H,99,118)(H3,89,100,119). The summed E-state index contributed by atoms with van der Waals surface area (Å²) >= 11 is 14.3. The Morgan fingerprint density at radius 1 is 0.683 bits per heavy atom. The third-order valence-electron chi connectivity index (χ3n) is 21.3. The number of alkyl halides is 3. The predicted octanol–water partition coefficient (Wildman–Crippen LogP) is 2.70. The van der Waals surface area contributed by atoms with E-state index in [4.69, 9.17) is 63.1 Å². The van der Waals surface area contributed by atoms with E-state index < -0.39 is 277 Å². The van der Waals surface area contributed by atoms with Crippen molar-refractivity contribution in [1.82, 2.24) is 53.4 Å². The van der Waals surface area contributed by atoms with Crippen LogP contribution in [0.4, 0.5) is 23.7 Å². The summed E-state index contributed by atoms with van der Waals surface area (Å²) < 4.78 is 81.9. The summed E-state index contributed by atoms with van der Waals surface area (Å²) in [6.07, 6.45) is -24.9. The average Bonchev–Trinajstić information content (AvgIpc) is 0.764. The van der Waals surface area contributed by atoms with Crippen LogP contribution in [0.5, 0.6) is 51.7 Å². The molecule has 0 aromatic heterocycles. The van der Waals surface area contributed by atoms with E-state index in [1.807, 2.05) is 10.9 Å². The Labute approximate surface area is 723 Å². The van der Waals surface area contributed by atoms with E-state index in [9.17, 15) is 83.1 Å². The third kappa shape index (κ3) is 21.2. The van der Waals surface area contributed by atoms with Crippen LogP contribution in [0.2, 0.25) is 10.0 Å². The maximum atomic E-state index is 16.3. The number of anilines is 1. The summed E-state index contributed by atoms with van der Waals surface area (Å²) in [4.78, 5) is 145. The number of rotatable bonds is 19. The van der Waals surface area contributed by atoms with Crippen molar-refractivity contribution in [1.29, 1.82) is 0 Å². The number of nitrogens with one attached hydrogen (secondary N) is 11. The van der Waals surface area contributed by atoms with Crippen LogP contribution in [0.15, 0.2) is 127 Å². The molecule has 2 fully saturated rings. The van der Waals surface area contributed by atoms with Gasteiger partial charge in [0.1, 0.15) is 101 Å². The van der Waals surface area contributed by atoms with Gasteiger partial charge in [0, 0.05) is 46.9 Å². The summed E-state index contributed by atoms with van der Waals surface area (Å²) in [7, 11) is 1.45. The number of urea groups is 1. The van der Waals surface area contributed by atoms with Gasteiger partial charge >= 0.3 is 12.4 Å². The summed E-state index contributed by atoms with van der Waals surface area (Å²) in [6, 6.07) is 7.80. The Kier molecular flexibility index (Phi) is 28.4. The molecule has 39 nitrogen and oxygen atoms in total. The smallest absolute Gasteiger partial charge is 0.508 e. The van der Waals surface area contributed by atoms with E-state index >= 15 is 24.0 Å². The van der Waals surface area contributed by atoms with Crippen molar-refractivity contribution >= 4 is 88.1 Å². The minimum atomic E-state index is -4.98. The molecular formula is C82H88Cl2F3N13O26. The number of hydrogen-bond acceptors (Lipinski definition) is 28. The molecule has 0 radical (unpaired) electrons. The number of aromatic hydroxyl groups is 3. The van der Waals surface area contributed by atoms with E-state index in [0.29, 0.717) is 5.56 Å². The van der Waals surface area contributed by atoms with Gasteiger partial charge in [0.2, 0.25) is 53.4 Å². The monoisotopic (exact) mass is 1800 g/mol. The topological polar surface area (TPSA) is 602 Å².